The van der Waals surface area contributed by atoms with Crippen LogP contribution >= 0.6 is 0 Å². The van der Waals surface area contributed by atoms with Crippen LogP contribution in [0.25, 0.3) is 11.3 Å². The van der Waals surface area contributed by atoms with Crippen molar-refractivity contribution >= 4 is 10.0 Å². The van der Waals surface area contributed by atoms with Crippen LogP contribution in [0.15, 0.2) is 47.6 Å². The summed E-state index contributed by atoms with van der Waals surface area (Å²) in [4.78, 5) is 3.94. The van der Waals surface area contributed by atoms with Gasteiger partial charge in [0.25, 0.3) is 0 Å². The molecule has 1 aromatic carbocycles. The number of hydrogen-bond donors (Lipinski definition) is 1. The molecule has 1 N–H and O–H groups in total. The van der Waals surface area contributed by atoms with E-state index in [1.165, 1.54) is 17.7 Å². The predicted molar refractivity (Wildman–Crippen MR) is 115 cm³/mol. The highest BCUT2D eigenvalue weighted by molar-refractivity contribution is 7.89. The number of ether oxygens (including phenoxy) is 1. The molecule has 7 nitrogen and oxygen atoms in total. The quantitative estimate of drug-likeness (QED) is 0.576. The molecule has 1 aliphatic carbocycles. The van der Waals surface area contributed by atoms with Crippen LogP contribution < -0.4 is 9.46 Å². The van der Waals surface area contributed by atoms with E-state index in [9.17, 15) is 12.8 Å². The van der Waals surface area contributed by atoms with Crippen molar-refractivity contribution in [1.82, 2.24) is 19.5 Å². The van der Waals surface area contributed by atoms with E-state index in [4.69, 9.17) is 9.84 Å². The lowest BCUT2D eigenvalue weighted by molar-refractivity contribution is 0.321. The summed E-state index contributed by atoms with van der Waals surface area (Å²) in [5.74, 6) is -0.666. The number of benzene rings is 1. The summed E-state index contributed by atoms with van der Waals surface area (Å²) in [5.41, 5.74) is 4.34. The summed E-state index contributed by atoms with van der Waals surface area (Å²) in [6.07, 6.45) is 7.58. The molecule has 2 aromatic heterocycles. The number of pyridine rings is 1. The molecule has 0 amide bonds. The highest BCUT2D eigenvalue weighted by Crippen LogP contribution is 2.31. The molecule has 9 heteroatoms. The number of aromatic nitrogens is 3. The smallest absolute Gasteiger partial charge is 0.240 e. The molecular weight excluding hydrogens is 419 g/mol. The molecule has 0 saturated heterocycles. The largest absolute Gasteiger partial charge is 0.491 e. The van der Waals surface area contributed by atoms with Crippen LogP contribution in [0.3, 0.4) is 0 Å². The zero-order valence-corrected chi connectivity index (χ0v) is 18.2. The van der Waals surface area contributed by atoms with Gasteiger partial charge in [-0.2, -0.15) is 5.10 Å². The predicted octanol–water partition coefficient (Wildman–Crippen LogP) is 3.34. The van der Waals surface area contributed by atoms with E-state index >= 15 is 0 Å². The summed E-state index contributed by atoms with van der Waals surface area (Å²) in [7, 11) is -3.85. The standard InChI is InChI=1S/C22H25FN4O3S/c1-2-30-21-8-7-17(15-19(21)23)31(28,29)25-13-14-27-20-6-4-3-5-18(20)22(26-27)16-9-11-24-12-10-16/h7-12,15,25H,2-6,13-14H2,1H3. The lowest BCUT2D eigenvalue weighted by atomic mass is 9.94. The maximum absolute atomic E-state index is 14.1. The van der Waals surface area contributed by atoms with E-state index in [2.05, 4.69) is 9.71 Å². The second kappa shape index (κ2) is 9.15. The van der Waals surface area contributed by atoms with Crippen molar-refractivity contribution in [3.05, 3.63) is 59.8 Å². The van der Waals surface area contributed by atoms with Crippen LogP contribution in [-0.2, 0) is 29.4 Å². The Labute approximate surface area is 181 Å². The van der Waals surface area contributed by atoms with Crippen molar-refractivity contribution in [2.45, 2.75) is 44.0 Å². The van der Waals surface area contributed by atoms with Gasteiger partial charge in [0.2, 0.25) is 10.0 Å². The fourth-order valence-electron chi connectivity index (χ4n) is 3.89. The zero-order chi connectivity index (χ0) is 21.8. The van der Waals surface area contributed by atoms with Gasteiger partial charge in [-0.3, -0.25) is 9.67 Å². The van der Waals surface area contributed by atoms with Crippen LogP contribution in [0.5, 0.6) is 5.75 Å². The molecule has 0 saturated carbocycles. The third-order valence-corrected chi connectivity index (χ3v) is 6.80. The third-order valence-electron chi connectivity index (χ3n) is 5.34. The van der Waals surface area contributed by atoms with Gasteiger partial charge in [0, 0.05) is 35.8 Å². The van der Waals surface area contributed by atoms with Crippen LogP contribution in [0.2, 0.25) is 0 Å². The van der Waals surface area contributed by atoms with Crippen LogP contribution in [0.4, 0.5) is 4.39 Å². The second-order valence-corrected chi connectivity index (χ2v) is 9.13. The minimum absolute atomic E-state index is 0.0354. The van der Waals surface area contributed by atoms with Gasteiger partial charge < -0.3 is 4.74 Å². The third kappa shape index (κ3) is 4.62. The fraction of sp³-hybridized carbons (Fsp3) is 0.364. The lowest BCUT2D eigenvalue weighted by Gasteiger charge is -2.15. The molecule has 0 unspecified atom stereocenters. The van der Waals surface area contributed by atoms with Crippen molar-refractivity contribution < 1.29 is 17.5 Å². The molecular formula is C22H25FN4O3S. The summed E-state index contributed by atoms with van der Waals surface area (Å²) in [5, 5.41) is 4.78. The van der Waals surface area contributed by atoms with Crippen molar-refractivity contribution in [2.24, 2.45) is 0 Å². The Kier molecular flexibility index (Phi) is 6.33. The number of nitrogens with one attached hydrogen (secondary N) is 1. The molecule has 1 aliphatic rings. The van der Waals surface area contributed by atoms with E-state index in [-0.39, 0.29) is 17.2 Å². The number of sulfonamides is 1. The molecule has 0 radical (unpaired) electrons. The van der Waals surface area contributed by atoms with Gasteiger partial charge in [-0.25, -0.2) is 17.5 Å². The average molecular weight is 445 g/mol. The normalized spacial score (nSPS) is 13.7. The van der Waals surface area contributed by atoms with Gasteiger partial charge in [-0.1, -0.05) is 0 Å². The van der Waals surface area contributed by atoms with E-state index < -0.39 is 15.8 Å². The second-order valence-electron chi connectivity index (χ2n) is 7.36. The summed E-state index contributed by atoms with van der Waals surface area (Å²) in [6, 6.07) is 7.52. The molecule has 164 valence electrons. The Balaban J connectivity index is 1.50. The molecule has 0 atom stereocenters. The first-order chi connectivity index (χ1) is 15.0. The maximum Gasteiger partial charge on any atom is 0.240 e. The van der Waals surface area contributed by atoms with E-state index in [0.717, 1.165) is 48.7 Å². The Morgan fingerprint density at radius 3 is 2.68 bits per heavy atom. The minimum atomic E-state index is -3.85. The first-order valence-electron chi connectivity index (χ1n) is 10.4. The average Bonchev–Trinajstić information content (AvgIpc) is 3.14. The van der Waals surface area contributed by atoms with Crippen LogP contribution in [0, 0.1) is 5.82 Å². The lowest BCUT2D eigenvalue weighted by Crippen LogP contribution is -2.28. The number of hydrogen-bond acceptors (Lipinski definition) is 5. The molecule has 0 spiro atoms. The highest BCUT2D eigenvalue weighted by Gasteiger charge is 2.22. The Bertz CT molecular complexity index is 1160. The zero-order valence-electron chi connectivity index (χ0n) is 17.3. The van der Waals surface area contributed by atoms with E-state index in [0.29, 0.717) is 13.2 Å². The van der Waals surface area contributed by atoms with Gasteiger partial charge in [0.1, 0.15) is 0 Å². The highest BCUT2D eigenvalue weighted by atomic mass is 32.2. The first-order valence-corrected chi connectivity index (χ1v) is 11.9. The van der Waals surface area contributed by atoms with Crippen LogP contribution in [-0.4, -0.2) is 36.3 Å². The first kappa shape index (κ1) is 21.5. The molecule has 2 heterocycles. The monoisotopic (exact) mass is 444 g/mol. The minimum Gasteiger partial charge on any atom is -0.491 e. The summed E-state index contributed by atoms with van der Waals surface area (Å²) in [6.45, 7) is 2.59. The van der Waals surface area contributed by atoms with Crippen molar-refractivity contribution in [3.8, 4) is 17.0 Å². The van der Waals surface area contributed by atoms with Gasteiger partial charge >= 0.3 is 0 Å². The molecule has 0 aliphatic heterocycles. The number of nitrogens with zero attached hydrogens (tertiary/aromatic N) is 3. The topological polar surface area (TPSA) is 86.1 Å². The molecule has 0 bridgehead atoms. The number of fused-ring (bicyclic) bond motifs is 1. The van der Waals surface area contributed by atoms with E-state index in [1.807, 2.05) is 16.8 Å². The number of halogens is 1. The molecule has 3 aromatic rings. The van der Waals surface area contributed by atoms with Crippen molar-refractivity contribution in [3.63, 3.8) is 0 Å². The SMILES string of the molecule is CCOc1ccc(S(=O)(=O)NCCn2nc(-c3ccncc3)c3c2CCCC3)cc1F. The van der Waals surface area contributed by atoms with Crippen molar-refractivity contribution in [2.75, 3.05) is 13.2 Å². The van der Waals surface area contributed by atoms with Gasteiger partial charge in [-0.05, 0) is 62.9 Å². The van der Waals surface area contributed by atoms with Crippen LogP contribution in [0.1, 0.15) is 31.0 Å². The maximum atomic E-state index is 14.1. The van der Waals surface area contributed by atoms with E-state index in [1.54, 1.807) is 19.3 Å². The fourth-order valence-corrected chi connectivity index (χ4v) is 4.92. The Morgan fingerprint density at radius 2 is 1.94 bits per heavy atom. The number of rotatable bonds is 8. The van der Waals surface area contributed by atoms with Gasteiger partial charge in [0.15, 0.2) is 11.6 Å². The van der Waals surface area contributed by atoms with Gasteiger partial charge in [0.05, 0.1) is 23.7 Å². The Hall–Kier alpha value is -2.78. The molecule has 4 rings (SSSR count). The molecule has 0 fully saturated rings. The molecule has 31 heavy (non-hydrogen) atoms. The summed E-state index contributed by atoms with van der Waals surface area (Å²) < 4.78 is 48.9. The van der Waals surface area contributed by atoms with Crippen molar-refractivity contribution in [1.29, 1.82) is 0 Å². The van der Waals surface area contributed by atoms with Gasteiger partial charge in [-0.15, -0.1) is 0 Å². The Morgan fingerprint density at radius 1 is 1.16 bits per heavy atom. The summed E-state index contributed by atoms with van der Waals surface area (Å²) >= 11 is 0.